The van der Waals surface area contributed by atoms with Gasteiger partial charge in [-0.25, -0.2) is 0 Å². The molecule has 0 aliphatic heterocycles. The third-order valence-corrected chi connectivity index (χ3v) is 4.76. The van der Waals surface area contributed by atoms with Crippen LogP contribution < -0.4 is 5.32 Å². The van der Waals surface area contributed by atoms with Gasteiger partial charge >= 0.3 is 0 Å². The molecule has 0 aromatic rings. The second-order valence-corrected chi connectivity index (χ2v) is 6.46. The lowest BCUT2D eigenvalue weighted by atomic mass is 9.94. The monoisotopic (exact) mass is 224 g/mol. The van der Waals surface area contributed by atoms with Crippen molar-refractivity contribution in [1.82, 2.24) is 10.2 Å². The highest BCUT2D eigenvalue weighted by molar-refractivity contribution is 4.94. The number of likely N-dealkylation sites (N-methyl/N-ethyl adjacent to an activating group) is 1. The summed E-state index contributed by atoms with van der Waals surface area (Å²) in [5, 5.41) is 3.83. The Morgan fingerprint density at radius 3 is 2.38 bits per heavy atom. The van der Waals surface area contributed by atoms with E-state index in [0.717, 1.165) is 23.8 Å². The third-order valence-electron chi connectivity index (χ3n) is 4.76. The van der Waals surface area contributed by atoms with Crippen LogP contribution >= 0.6 is 0 Å². The first-order valence-corrected chi connectivity index (χ1v) is 6.97. The fourth-order valence-corrected chi connectivity index (χ4v) is 3.78. The molecule has 4 atom stereocenters. The topological polar surface area (TPSA) is 15.3 Å². The summed E-state index contributed by atoms with van der Waals surface area (Å²) in [6, 6.07) is 1.51. The second kappa shape index (κ2) is 5.05. The fraction of sp³-hybridized carbons (Fsp3) is 1.00. The van der Waals surface area contributed by atoms with E-state index >= 15 is 0 Å². The maximum absolute atomic E-state index is 3.83. The molecule has 0 aromatic heterocycles. The standard InChI is InChI=1S/C14H28N2/c1-10(2)14(16(3)4)9-15-13-8-11-5-6-12(13)7-11/h10-15H,5-9H2,1-4H3. The van der Waals surface area contributed by atoms with E-state index in [4.69, 9.17) is 0 Å². The summed E-state index contributed by atoms with van der Waals surface area (Å²) in [5.74, 6) is 2.79. The van der Waals surface area contributed by atoms with Crippen molar-refractivity contribution < 1.29 is 0 Å². The lowest BCUT2D eigenvalue weighted by Crippen LogP contribution is -2.46. The van der Waals surface area contributed by atoms with E-state index in [2.05, 4.69) is 38.2 Å². The highest BCUT2D eigenvalue weighted by Gasteiger charge is 2.39. The summed E-state index contributed by atoms with van der Waals surface area (Å²) in [6.07, 6.45) is 5.94. The Kier molecular flexibility index (Phi) is 3.91. The number of nitrogens with one attached hydrogen (secondary N) is 1. The molecule has 94 valence electrons. The van der Waals surface area contributed by atoms with Crippen LogP contribution in [0.1, 0.15) is 39.5 Å². The minimum atomic E-state index is 0.680. The first-order valence-electron chi connectivity index (χ1n) is 6.97. The quantitative estimate of drug-likeness (QED) is 0.771. The van der Waals surface area contributed by atoms with Gasteiger partial charge in [0.05, 0.1) is 0 Å². The highest BCUT2D eigenvalue weighted by atomic mass is 15.1. The highest BCUT2D eigenvalue weighted by Crippen LogP contribution is 2.44. The van der Waals surface area contributed by atoms with Gasteiger partial charge in [-0.3, -0.25) is 0 Å². The van der Waals surface area contributed by atoms with Crippen molar-refractivity contribution in [2.24, 2.45) is 17.8 Å². The Hall–Kier alpha value is -0.0800. The molecule has 2 bridgehead atoms. The van der Waals surface area contributed by atoms with E-state index in [1.54, 1.807) is 0 Å². The molecule has 2 aliphatic carbocycles. The maximum atomic E-state index is 3.83. The van der Waals surface area contributed by atoms with Crippen molar-refractivity contribution >= 4 is 0 Å². The molecule has 0 saturated heterocycles. The molecule has 2 rings (SSSR count). The lowest BCUT2D eigenvalue weighted by molar-refractivity contribution is 0.209. The van der Waals surface area contributed by atoms with Gasteiger partial charge in [-0.2, -0.15) is 0 Å². The molecule has 2 heteroatoms. The van der Waals surface area contributed by atoms with Crippen molar-refractivity contribution in [3.8, 4) is 0 Å². The molecule has 0 spiro atoms. The van der Waals surface area contributed by atoms with Gasteiger partial charge in [0.1, 0.15) is 0 Å². The van der Waals surface area contributed by atoms with E-state index in [1.807, 2.05) is 0 Å². The lowest BCUT2D eigenvalue weighted by Gasteiger charge is -2.31. The van der Waals surface area contributed by atoms with E-state index in [9.17, 15) is 0 Å². The largest absolute Gasteiger partial charge is 0.312 e. The van der Waals surface area contributed by atoms with E-state index < -0.39 is 0 Å². The van der Waals surface area contributed by atoms with Gasteiger partial charge in [0.25, 0.3) is 0 Å². The third kappa shape index (κ3) is 2.60. The SMILES string of the molecule is CC(C)C(CNC1CC2CCC1C2)N(C)C. The van der Waals surface area contributed by atoms with E-state index in [1.165, 1.54) is 32.2 Å². The van der Waals surface area contributed by atoms with Crippen molar-refractivity contribution in [3.63, 3.8) is 0 Å². The number of nitrogens with zero attached hydrogens (tertiary/aromatic N) is 1. The molecule has 16 heavy (non-hydrogen) atoms. The molecule has 0 radical (unpaired) electrons. The van der Waals surface area contributed by atoms with Crippen molar-refractivity contribution in [2.45, 2.75) is 51.6 Å². The maximum Gasteiger partial charge on any atom is 0.0237 e. The summed E-state index contributed by atoms with van der Waals surface area (Å²) in [7, 11) is 4.40. The van der Waals surface area contributed by atoms with Gasteiger partial charge < -0.3 is 10.2 Å². The number of rotatable bonds is 5. The van der Waals surface area contributed by atoms with Gasteiger partial charge in [0.2, 0.25) is 0 Å². The number of hydrogen-bond acceptors (Lipinski definition) is 2. The predicted octanol–water partition coefficient (Wildman–Crippen LogP) is 2.35. The molecule has 2 fully saturated rings. The fourth-order valence-electron chi connectivity index (χ4n) is 3.78. The summed E-state index contributed by atoms with van der Waals surface area (Å²) >= 11 is 0. The van der Waals surface area contributed by atoms with Crippen LogP contribution in [0.25, 0.3) is 0 Å². The van der Waals surface area contributed by atoms with Crippen LogP contribution in [0.15, 0.2) is 0 Å². The van der Waals surface area contributed by atoms with Gasteiger partial charge in [0, 0.05) is 18.6 Å². The Bertz CT molecular complexity index is 217. The molecular weight excluding hydrogens is 196 g/mol. The molecule has 0 heterocycles. The van der Waals surface area contributed by atoms with Crippen LogP contribution in [0.5, 0.6) is 0 Å². The summed E-state index contributed by atoms with van der Waals surface area (Å²) in [4.78, 5) is 2.37. The Morgan fingerprint density at radius 1 is 1.19 bits per heavy atom. The molecular formula is C14H28N2. The van der Waals surface area contributed by atoms with E-state index in [0.29, 0.717) is 6.04 Å². The normalized spacial score (nSPS) is 35.2. The Balaban J connectivity index is 1.78. The Labute approximate surface area is 101 Å². The zero-order valence-corrected chi connectivity index (χ0v) is 11.4. The van der Waals surface area contributed by atoms with Crippen LogP contribution in [0.3, 0.4) is 0 Å². The Morgan fingerprint density at radius 2 is 1.94 bits per heavy atom. The second-order valence-electron chi connectivity index (χ2n) is 6.46. The number of fused-ring (bicyclic) bond motifs is 2. The summed E-state index contributed by atoms with van der Waals surface area (Å²) in [5.41, 5.74) is 0. The molecule has 4 unspecified atom stereocenters. The van der Waals surface area contributed by atoms with Gasteiger partial charge in [-0.1, -0.05) is 20.3 Å². The van der Waals surface area contributed by atoms with Crippen molar-refractivity contribution in [3.05, 3.63) is 0 Å². The zero-order chi connectivity index (χ0) is 11.7. The van der Waals surface area contributed by atoms with Crippen molar-refractivity contribution in [1.29, 1.82) is 0 Å². The van der Waals surface area contributed by atoms with Gasteiger partial charge in [0.15, 0.2) is 0 Å². The van der Waals surface area contributed by atoms with Gasteiger partial charge in [-0.15, -0.1) is 0 Å². The smallest absolute Gasteiger partial charge is 0.0237 e. The first-order chi connectivity index (χ1) is 7.58. The molecule has 2 aliphatic rings. The predicted molar refractivity (Wildman–Crippen MR) is 69.6 cm³/mol. The van der Waals surface area contributed by atoms with Crippen molar-refractivity contribution in [2.75, 3.05) is 20.6 Å². The van der Waals surface area contributed by atoms with Crippen LogP contribution in [0.2, 0.25) is 0 Å². The molecule has 2 saturated carbocycles. The van der Waals surface area contributed by atoms with Gasteiger partial charge in [-0.05, 0) is 51.1 Å². The molecule has 0 aromatic carbocycles. The van der Waals surface area contributed by atoms with E-state index in [-0.39, 0.29) is 0 Å². The summed E-state index contributed by atoms with van der Waals surface area (Å²) < 4.78 is 0. The molecule has 2 nitrogen and oxygen atoms in total. The van der Waals surface area contributed by atoms with Crippen LogP contribution in [-0.2, 0) is 0 Å². The average Bonchev–Trinajstić information content (AvgIpc) is 2.77. The van der Waals surface area contributed by atoms with Crippen LogP contribution in [-0.4, -0.2) is 37.6 Å². The number of hydrogen-bond donors (Lipinski definition) is 1. The first kappa shape index (κ1) is 12.4. The molecule has 1 N–H and O–H groups in total. The van der Waals surface area contributed by atoms with Crippen LogP contribution in [0, 0.1) is 17.8 Å². The average molecular weight is 224 g/mol. The summed E-state index contributed by atoms with van der Waals surface area (Å²) in [6.45, 7) is 5.82. The molecule has 0 amide bonds. The van der Waals surface area contributed by atoms with Crippen LogP contribution in [0.4, 0.5) is 0 Å². The minimum absolute atomic E-state index is 0.680. The zero-order valence-electron chi connectivity index (χ0n) is 11.4. The minimum Gasteiger partial charge on any atom is -0.312 e.